The molecule has 1 rings (SSSR count). The summed E-state index contributed by atoms with van der Waals surface area (Å²) in [6, 6.07) is 3.59. The first kappa shape index (κ1) is 11.5. The Morgan fingerprint density at radius 1 is 1.40 bits per heavy atom. The van der Waals surface area contributed by atoms with Crippen molar-refractivity contribution in [2.75, 3.05) is 25.5 Å². The van der Waals surface area contributed by atoms with Crippen molar-refractivity contribution in [3.05, 3.63) is 24.0 Å². The lowest BCUT2D eigenvalue weighted by Gasteiger charge is -2.17. The summed E-state index contributed by atoms with van der Waals surface area (Å²) in [6.07, 6.45) is 1.66. The van der Waals surface area contributed by atoms with E-state index in [1.807, 2.05) is 27.0 Å². The predicted molar refractivity (Wildman–Crippen MR) is 61.0 cm³/mol. The minimum absolute atomic E-state index is 0.0114. The molecule has 0 aromatic carbocycles. The molecule has 0 spiro atoms. The fraction of sp³-hybridized carbons (Fsp3) is 0.455. The Bertz CT molecular complexity index is 317. The quantitative estimate of drug-likeness (QED) is 0.815. The van der Waals surface area contributed by atoms with Crippen molar-refractivity contribution in [3.8, 4) is 0 Å². The van der Waals surface area contributed by atoms with Gasteiger partial charge in [0.05, 0.1) is 11.9 Å². The Kier molecular flexibility index (Phi) is 4.09. The largest absolute Gasteiger partial charge is 0.387 e. The third-order valence-electron chi connectivity index (χ3n) is 2.32. The van der Waals surface area contributed by atoms with Crippen LogP contribution < -0.4 is 5.32 Å². The lowest BCUT2D eigenvalue weighted by Crippen LogP contribution is -2.31. The first-order valence-electron chi connectivity index (χ1n) is 5.16. The average Bonchev–Trinajstić information content (AvgIpc) is 2.30. The minimum Gasteiger partial charge on any atom is -0.387 e. The number of hydrogen-bond acceptors (Lipinski definition) is 3. The Hall–Kier alpha value is -1.58. The highest BCUT2D eigenvalue weighted by Gasteiger charge is 2.12. The van der Waals surface area contributed by atoms with E-state index in [1.54, 1.807) is 17.2 Å². The van der Waals surface area contributed by atoms with Crippen molar-refractivity contribution in [2.45, 2.75) is 13.8 Å². The van der Waals surface area contributed by atoms with E-state index in [0.717, 1.165) is 5.69 Å². The van der Waals surface area contributed by atoms with E-state index >= 15 is 0 Å². The fourth-order valence-corrected chi connectivity index (χ4v) is 1.34. The molecule has 0 bridgehead atoms. The number of nitrogens with one attached hydrogen (secondary N) is 1. The Morgan fingerprint density at radius 2 is 2.07 bits per heavy atom. The van der Waals surface area contributed by atoms with Crippen LogP contribution in [0, 0.1) is 0 Å². The van der Waals surface area contributed by atoms with Crippen LogP contribution in [0.15, 0.2) is 18.3 Å². The molecule has 1 aromatic rings. The molecular weight excluding hydrogens is 190 g/mol. The lowest BCUT2D eigenvalue weighted by atomic mass is 10.3. The van der Waals surface area contributed by atoms with E-state index in [1.165, 1.54) is 0 Å². The summed E-state index contributed by atoms with van der Waals surface area (Å²) in [7, 11) is 1.82. The molecule has 0 radical (unpaired) electrons. The van der Waals surface area contributed by atoms with Gasteiger partial charge < -0.3 is 10.2 Å². The summed E-state index contributed by atoms with van der Waals surface area (Å²) in [5.74, 6) is -0.0114. The molecule has 0 saturated carbocycles. The van der Waals surface area contributed by atoms with Crippen LogP contribution >= 0.6 is 0 Å². The number of amides is 1. The number of carbonyl (C=O) groups is 1. The molecule has 0 saturated heterocycles. The van der Waals surface area contributed by atoms with Gasteiger partial charge in [0.15, 0.2) is 0 Å². The molecule has 1 N–H and O–H groups in total. The highest BCUT2D eigenvalue weighted by Crippen LogP contribution is 2.07. The monoisotopic (exact) mass is 207 g/mol. The fourth-order valence-electron chi connectivity index (χ4n) is 1.34. The smallest absolute Gasteiger partial charge is 0.272 e. The van der Waals surface area contributed by atoms with Crippen molar-refractivity contribution < 1.29 is 4.79 Å². The second-order valence-corrected chi connectivity index (χ2v) is 3.16. The summed E-state index contributed by atoms with van der Waals surface area (Å²) in [5.41, 5.74) is 1.41. The molecular formula is C11H17N3O. The average molecular weight is 207 g/mol. The highest BCUT2D eigenvalue weighted by molar-refractivity contribution is 5.92. The highest BCUT2D eigenvalue weighted by atomic mass is 16.2. The van der Waals surface area contributed by atoms with Crippen LogP contribution in [0.2, 0.25) is 0 Å². The van der Waals surface area contributed by atoms with Gasteiger partial charge in [-0.05, 0) is 26.0 Å². The van der Waals surface area contributed by atoms with Crippen LogP contribution in [-0.2, 0) is 0 Å². The molecule has 0 fully saturated rings. The summed E-state index contributed by atoms with van der Waals surface area (Å²) in [4.78, 5) is 17.7. The van der Waals surface area contributed by atoms with Crippen LogP contribution in [0.4, 0.5) is 5.69 Å². The van der Waals surface area contributed by atoms with Crippen LogP contribution in [-0.4, -0.2) is 35.9 Å². The summed E-state index contributed by atoms with van der Waals surface area (Å²) in [6.45, 7) is 5.35. The van der Waals surface area contributed by atoms with Gasteiger partial charge >= 0.3 is 0 Å². The number of nitrogens with zero attached hydrogens (tertiary/aromatic N) is 2. The van der Waals surface area contributed by atoms with Crippen molar-refractivity contribution in [2.24, 2.45) is 0 Å². The molecule has 0 atom stereocenters. The Labute approximate surface area is 90.3 Å². The van der Waals surface area contributed by atoms with Gasteiger partial charge in [0.2, 0.25) is 0 Å². The maximum Gasteiger partial charge on any atom is 0.272 e. The van der Waals surface area contributed by atoms with Gasteiger partial charge in [-0.1, -0.05) is 0 Å². The van der Waals surface area contributed by atoms with Gasteiger partial charge in [0.1, 0.15) is 5.69 Å². The van der Waals surface area contributed by atoms with E-state index in [2.05, 4.69) is 10.3 Å². The van der Waals surface area contributed by atoms with E-state index in [9.17, 15) is 4.79 Å². The predicted octanol–water partition coefficient (Wildman–Crippen LogP) is 1.61. The van der Waals surface area contributed by atoms with Crippen LogP contribution in [0.3, 0.4) is 0 Å². The number of rotatable bonds is 4. The Morgan fingerprint density at radius 3 is 2.47 bits per heavy atom. The first-order chi connectivity index (χ1) is 7.22. The molecule has 1 amide bonds. The van der Waals surface area contributed by atoms with E-state index < -0.39 is 0 Å². The molecule has 4 heteroatoms. The molecule has 1 aromatic heterocycles. The second-order valence-electron chi connectivity index (χ2n) is 3.16. The third-order valence-corrected chi connectivity index (χ3v) is 2.32. The lowest BCUT2D eigenvalue weighted by molar-refractivity contribution is 0.0767. The Balaban J connectivity index is 2.82. The van der Waals surface area contributed by atoms with Crippen LogP contribution in [0.25, 0.3) is 0 Å². The van der Waals surface area contributed by atoms with Gasteiger partial charge in [-0.2, -0.15) is 0 Å². The van der Waals surface area contributed by atoms with Gasteiger partial charge in [-0.3, -0.25) is 4.79 Å². The standard InChI is InChI=1S/C11H17N3O/c1-4-14(5-2)11(15)10-7-6-9(12-3)8-13-10/h6-8,12H,4-5H2,1-3H3. The van der Waals surface area contributed by atoms with Crippen molar-refractivity contribution in [3.63, 3.8) is 0 Å². The molecule has 4 nitrogen and oxygen atoms in total. The SMILES string of the molecule is CCN(CC)C(=O)c1ccc(NC)cn1. The van der Waals surface area contributed by atoms with Crippen molar-refractivity contribution in [1.29, 1.82) is 0 Å². The van der Waals surface area contributed by atoms with Crippen molar-refractivity contribution >= 4 is 11.6 Å². The zero-order chi connectivity index (χ0) is 11.3. The second kappa shape index (κ2) is 5.34. The summed E-state index contributed by atoms with van der Waals surface area (Å²) >= 11 is 0. The number of carbonyl (C=O) groups excluding carboxylic acids is 1. The molecule has 0 aliphatic heterocycles. The normalized spacial score (nSPS) is 9.80. The number of aromatic nitrogens is 1. The third kappa shape index (κ3) is 2.68. The topological polar surface area (TPSA) is 45.2 Å². The first-order valence-corrected chi connectivity index (χ1v) is 5.16. The van der Waals surface area contributed by atoms with E-state index in [0.29, 0.717) is 18.8 Å². The van der Waals surface area contributed by atoms with Gasteiger partial charge in [-0.25, -0.2) is 4.98 Å². The van der Waals surface area contributed by atoms with Gasteiger partial charge in [0.25, 0.3) is 5.91 Å². The maximum absolute atomic E-state index is 11.8. The van der Waals surface area contributed by atoms with Gasteiger partial charge in [0, 0.05) is 20.1 Å². The summed E-state index contributed by atoms with van der Waals surface area (Å²) < 4.78 is 0. The van der Waals surface area contributed by atoms with E-state index in [4.69, 9.17) is 0 Å². The zero-order valence-corrected chi connectivity index (χ0v) is 9.45. The molecule has 0 unspecified atom stereocenters. The van der Waals surface area contributed by atoms with Crippen LogP contribution in [0.1, 0.15) is 24.3 Å². The maximum atomic E-state index is 11.8. The molecule has 82 valence electrons. The molecule has 1 heterocycles. The molecule has 15 heavy (non-hydrogen) atoms. The number of anilines is 1. The zero-order valence-electron chi connectivity index (χ0n) is 9.45. The van der Waals surface area contributed by atoms with E-state index in [-0.39, 0.29) is 5.91 Å². The molecule has 0 aliphatic carbocycles. The minimum atomic E-state index is -0.0114. The van der Waals surface area contributed by atoms with Crippen molar-refractivity contribution in [1.82, 2.24) is 9.88 Å². The van der Waals surface area contributed by atoms with Gasteiger partial charge in [-0.15, -0.1) is 0 Å². The number of pyridine rings is 1. The van der Waals surface area contributed by atoms with Crippen LogP contribution in [0.5, 0.6) is 0 Å². The molecule has 0 aliphatic rings. The summed E-state index contributed by atoms with van der Waals surface area (Å²) in [5, 5.41) is 2.96. The number of hydrogen-bond donors (Lipinski definition) is 1.